The summed E-state index contributed by atoms with van der Waals surface area (Å²) in [5, 5.41) is 3.75. The fourth-order valence-electron chi connectivity index (χ4n) is 3.07. The van der Waals surface area contributed by atoms with E-state index < -0.39 is 0 Å². The van der Waals surface area contributed by atoms with Crippen molar-refractivity contribution in [2.24, 2.45) is 5.41 Å². The molecule has 1 aromatic carbocycles. The van der Waals surface area contributed by atoms with Crippen LogP contribution < -0.4 is 10.2 Å². The van der Waals surface area contributed by atoms with Crippen LogP contribution >= 0.6 is 0 Å². The Morgan fingerprint density at radius 3 is 2.65 bits per heavy atom. The molecule has 0 fully saturated rings. The third kappa shape index (κ3) is 3.35. The van der Waals surface area contributed by atoms with Crippen molar-refractivity contribution in [3.05, 3.63) is 29.8 Å². The van der Waals surface area contributed by atoms with E-state index in [-0.39, 0.29) is 5.41 Å². The predicted octanol–water partition coefficient (Wildman–Crippen LogP) is 3.85. The lowest BCUT2D eigenvalue weighted by atomic mass is 9.86. The number of para-hydroxylation sites is 1. The largest absolute Gasteiger partial charge is 0.367 e. The molecule has 0 aromatic heterocycles. The SMILES string of the molecule is CCCNC(CN1c2ccccc2CC1C)C(C)(C)C. The van der Waals surface area contributed by atoms with Gasteiger partial charge in [-0.05, 0) is 43.4 Å². The quantitative estimate of drug-likeness (QED) is 0.877. The normalized spacial score (nSPS) is 20.1. The fraction of sp³-hybridized carbons (Fsp3) is 0.667. The van der Waals surface area contributed by atoms with Crippen molar-refractivity contribution in [2.45, 2.75) is 59.5 Å². The number of hydrogen-bond acceptors (Lipinski definition) is 2. The average Bonchev–Trinajstić information content (AvgIpc) is 2.69. The van der Waals surface area contributed by atoms with Crippen LogP contribution in [0.15, 0.2) is 24.3 Å². The molecule has 1 aromatic rings. The summed E-state index contributed by atoms with van der Waals surface area (Å²) in [5.41, 5.74) is 3.22. The summed E-state index contributed by atoms with van der Waals surface area (Å²) in [5.74, 6) is 0. The molecule has 2 rings (SSSR count). The van der Waals surface area contributed by atoms with Crippen LogP contribution in [0.1, 0.15) is 46.6 Å². The number of nitrogens with zero attached hydrogens (tertiary/aromatic N) is 1. The molecule has 0 amide bonds. The van der Waals surface area contributed by atoms with E-state index in [9.17, 15) is 0 Å². The summed E-state index contributed by atoms with van der Waals surface area (Å²) in [6.45, 7) is 13.8. The van der Waals surface area contributed by atoms with E-state index >= 15 is 0 Å². The lowest BCUT2D eigenvalue weighted by Gasteiger charge is -2.37. The molecule has 0 spiro atoms. The molecule has 2 atom stereocenters. The Morgan fingerprint density at radius 2 is 2.00 bits per heavy atom. The van der Waals surface area contributed by atoms with Gasteiger partial charge in [0.2, 0.25) is 0 Å². The van der Waals surface area contributed by atoms with E-state index in [2.05, 4.69) is 69.1 Å². The van der Waals surface area contributed by atoms with Gasteiger partial charge in [-0.2, -0.15) is 0 Å². The molecule has 1 N–H and O–H groups in total. The van der Waals surface area contributed by atoms with Crippen LogP contribution in [0.5, 0.6) is 0 Å². The van der Waals surface area contributed by atoms with E-state index in [0.717, 1.165) is 13.1 Å². The highest BCUT2D eigenvalue weighted by molar-refractivity contribution is 5.59. The van der Waals surface area contributed by atoms with E-state index in [1.807, 2.05) is 0 Å². The molecule has 2 nitrogen and oxygen atoms in total. The first kappa shape index (κ1) is 15.4. The minimum atomic E-state index is 0.284. The van der Waals surface area contributed by atoms with Crippen molar-refractivity contribution in [3.63, 3.8) is 0 Å². The highest BCUT2D eigenvalue weighted by atomic mass is 15.2. The maximum absolute atomic E-state index is 3.75. The molecular formula is C18H30N2. The minimum Gasteiger partial charge on any atom is -0.367 e. The Morgan fingerprint density at radius 1 is 1.30 bits per heavy atom. The van der Waals surface area contributed by atoms with Gasteiger partial charge < -0.3 is 10.2 Å². The average molecular weight is 274 g/mol. The van der Waals surface area contributed by atoms with Gasteiger partial charge in [0.1, 0.15) is 0 Å². The molecule has 1 heterocycles. The monoisotopic (exact) mass is 274 g/mol. The summed E-state index contributed by atoms with van der Waals surface area (Å²) >= 11 is 0. The predicted molar refractivity (Wildman–Crippen MR) is 88.5 cm³/mol. The van der Waals surface area contributed by atoms with Crippen molar-refractivity contribution in [1.29, 1.82) is 0 Å². The van der Waals surface area contributed by atoms with Gasteiger partial charge in [0, 0.05) is 24.3 Å². The van der Waals surface area contributed by atoms with Crippen LogP contribution in [0, 0.1) is 5.41 Å². The van der Waals surface area contributed by atoms with E-state index in [1.54, 1.807) is 0 Å². The van der Waals surface area contributed by atoms with E-state index in [0.29, 0.717) is 12.1 Å². The Bertz CT molecular complexity index is 433. The first-order valence-corrected chi connectivity index (χ1v) is 8.01. The zero-order valence-corrected chi connectivity index (χ0v) is 13.7. The molecule has 0 bridgehead atoms. The minimum absolute atomic E-state index is 0.284. The second-order valence-electron chi connectivity index (χ2n) is 7.21. The zero-order valence-electron chi connectivity index (χ0n) is 13.7. The molecule has 20 heavy (non-hydrogen) atoms. The maximum atomic E-state index is 3.75. The second-order valence-corrected chi connectivity index (χ2v) is 7.21. The van der Waals surface area contributed by atoms with Crippen molar-refractivity contribution in [1.82, 2.24) is 5.32 Å². The first-order chi connectivity index (χ1) is 9.43. The van der Waals surface area contributed by atoms with E-state index in [4.69, 9.17) is 0 Å². The summed E-state index contributed by atoms with van der Waals surface area (Å²) in [7, 11) is 0. The standard InChI is InChI=1S/C18H30N2/c1-6-11-19-17(18(3,4)5)13-20-14(2)12-15-9-7-8-10-16(15)20/h7-10,14,17,19H,6,11-13H2,1-5H3. The Balaban J connectivity index is 2.14. The fourth-order valence-corrected chi connectivity index (χ4v) is 3.07. The van der Waals surface area contributed by atoms with Crippen LogP contribution in [-0.4, -0.2) is 25.2 Å². The number of anilines is 1. The molecule has 0 saturated carbocycles. The first-order valence-electron chi connectivity index (χ1n) is 8.01. The molecular weight excluding hydrogens is 244 g/mol. The Labute approximate surface area is 124 Å². The summed E-state index contributed by atoms with van der Waals surface area (Å²) in [6.07, 6.45) is 2.37. The van der Waals surface area contributed by atoms with Crippen molar-refractivity contribution >= 4 is 5.69 Å². The summed E-state index contributed by atoms with van der Waals surface area (Å²) < 4.78 is 0. The number of nitrogens with one attached hydrogen (secondary N) is 1. The molecule has 2 heteroatoms. The van der Waals surface area contributed by atoms with E-state index in [1.165, 1.54) is 24.1 Å². The highest BCUT2D eigenvalue weighted by Gasteiger charge is 2.31. The Hall–Kier alpha value is -1.02. The summed E-state index contributed by atoms with van der Waals surface area (Å²) in [4.78, 5) is 2.59. The van der Waals surface area contributed by atoms with Gasteiger partial charge >= 0.3 is 0 Å². The molecule has 2 unspecified atom stereocenters. The van der Waals surface area contributed by atoms with Crippen molar-refractivity contribution < 1.29 is 0 Å². The van der Waals surface area contributed by atoms with Crippen LogP contribution in [0.2, 0.25) is 0 Å². The number of rotatable bonds is 5. The maximum Gasteiger partial charge on any atom is 0.0402 e. The van der Waals surface area contributed by atoms with Crippen molar-refractivity contribution in [2.75, 3.05) is 18.0 Å². The number of benzene rings is 1. The van der Waals surface area contributed by atoms with Crippen LogP contribution in [0.3, 0.4) is 0 Å². The van der Waals surface area contributed by atoms with Gasteiger partial charge in [-0.25, -0.2) is 0 Å². The van der Waals surface area contributed by atoms with Gasteiger partial charge in [0.05, 0.1) is 0 Å². The zero-order chi connectivity index (χ0) is 14.8. The highest BCUT2D eigenvalue weighted by Crippen LogP contribution is 2.33. The molecule has 0 radical (unpaired) electrons. The van der Waals surface area contributed by atoms with Crippen LogP contribution in [-0.2, 0) is 6.42 Å². The molecule has 112 valence electrons. The van der Waals surface area contributed by atoms with Crippen molar-refractivity contribution in [3.8, 4) is 0 Å². The molecule has 0 saturated heterocycles. The molecule has 1 aliphatic rings. The van der Waals surface area contributed by atoms with Gasteiger partial charge in [0.15, 0.2) is 0 Å². The summed E-state index contributed by atoms with van der Waals surface area (Å²) in [6, 6.07) is 10.0. The number of hydrogen-bond donors (Lipinski definition) is 1. The van der Waals surface area contributed by atoms with Gasteiger partial charge in [-0.1, -0.05) is 45.9 Å². The van der Waals surface area contributed by atoms with Gasteiger partial charge in [0.25, 0.3) is 0 Å². The van der Waals surface area contributed by atoms with Crippen LogP contribution in [0.4, 0.5) is 5.69 Å². The lowest BCUT2D eigenvalue weighted by Crippen LogP contribution is -2.50. The molecule has 1 aliphatic heterocycles. The topological polar surface area (TPSA) is 15.3 Å². The van der Waals surface area contributed by atoms with Crippen LogP contribution in [0.25, 0.3) is 0 Å². The van der Waals surface area contributed by atoms with Gasteiger partial charge in [-0.15, -0.1) is 0 Å². The smallest absolute Gasteiger partial charge is 0.0402 e. The Kier molecular flexibility index (Phi) is 4.74. The molecule has 0 aliphatic carbocycles. The lowest BCUT2D eigenvalue weighted by molar-refractivity contribution is 0.267. The third-order valence-corrected chi connectivity index (χ3v) is 4.41. The second kappa shape index (κ2) is 6.17. The van der Waals surface area contributed by atoms with Gasteiger partial charge in [-0.3, -0.25) is 0 Å². The number of fused-ring (bicyclic) bond motifs is 1. The third-order valence-electron chi connectivity index (χ3n) is 4.41.